The molecule has 0 spiro atoms. The average molecular weight is 392 g/mol. The van der Waals surface area contributed by atoms with E-state index in [-0.39, 0.29) is 31.2 Å². The van der Waals surface area contributed by atoms with E-state index in [1.54, 1.807) is 12.1 Å². The highest BCUT2D eigenvalue weighted by atomic mass is 35.5. The fraction of sp³-hybridized carbons (Fsp3) is 0.462. The van der Waals surface area contributed by atoms with E-state index in [2.05, 4.69) is 5.18 Å². The lowest BCUT2D eigenvalue weighted by Crippen LogP contribution is -2.27. The van der Waals surface area contributed by atoms with E-state index in [1.165, 1.54) is 0 Å². The standard InChI is InChI=1S/C13H16Cl2N2O3.2ClH/c14-5-7-17(8-6-15)11-3-1-10(2-4-11)9-12(16-20)13(18)19;;/h1-4,12H,5-9H2,(H,18,19);2*1H/t12-;;/m0../s1. The molecule has 0 fully saturated rings. The Morgan fingerprint density at radius 1 is 1.14 bits per heavy atom. The predicted molar refractivity (Wildman–Crippen MR) is 95.5 cm³/mol. The quantitative estimate of drug-likeness (QED) is 0.515. The number of halogens is 4. The number of carboxylic acids is 1. The topological polar surface area (TPSA) is 70.0 Å². The molecular weight excluding hydrogens is 374 g/mol. The number of nitroso groups, excluding NO2 is 1. The lowest BCUT2D eigenvalue weighted by Gasteiger charge is -2.23. The molecule has 0 heterocycles. The van der Waals surface area contributed by atoms with Gasteiger partial charge in [0.1, 0.15) is 0 Å². The molecule has 9 heteroatoms. The van der Waals surface area contributed by atoms with E-state index >= 15 is 0 Å². The van der Waals surface area contributed by atoms with Gasteiger partial charge in [-0.1, -0.05) is 17.3 Å². The molecule has 1 aromatic rings. The molecule has 126 valence electrons. The molecule has 0 aliphatic heterocycles. The Morgan fingerprint density at radius 3 is 2.00 bits per heavy atom. The maximum absolute atomic E-state index is 10.7. The Labute approximate surface area is 151 Å². The van der Waals surface area contributed by atoms with Crippen molar-refractivity contribution >= 4 is 59.7 Å². The lowest BCUT2D eigenvalue weighted by molar-refractivity contribution is -0.138. The Balaban J connectivity index is 0. The van der Waals surface area contributed by atoms with E-state index in [9.17, 15) is 9.70 Å². The number of nitrogens with zero attached hydrogens (tertiary/aromatic N) is 2. The van der Waals surface area contributed by atoms with Gasteiger partial charge in [0.15, 0.2) is 6.04 Å². The number of benzene rings is 1. The minimum absolute atomic E-state index is 0. The van der Waals surface area contributed by atoms with Gasteiger partial charge >= 0.3 is 5.97 Å². The van der Waals surface area contributed by atoms with Gasteiger partial charge in [-0.2, -0.15) is 0 Å². The SMILES string of the molecule is Cl.Cl.O=N[C@@H](Cc1ccc(N(CCCl)CCCl)cc1)C(=O)O. The molecule has 1 aromatic carbocycles. The second kappa shape index (κ2) is 12.8. The van der Waals surface area contributed by atoms with Gasteiger partial charge in [0.2, 0.25) is 0 Å². The highest BCUT2D eigenvalue weighted by Gasteiger charge is 2.18. The van der Waals surface area contributed by atoms with Crippen LogP contribution in [0.4, 0.5) is 5.69 Å². The Morgan fingerprint density at radius 2 is 1.64 bits per heavy atom. The summed E-state index contributed by atoms with van der Waals surface area (Å²) in [7, 11) is 0. The van der Waals surface area contributed by atoms with Crippen molar-refractivity contribution in [2.75, 3.05) is 29.7 Å². The molecule has 1 atom stereocenters. The van der Waals surface area contributed by atoms with Crippen molar-refractivity contribution in [2.24, 2.45) is 5.18 Å². The summed E-state index contributed by atoms with van der Waals surface area (Å²) in [6.07, 6.45) is 0.0874. The van der Waals surface area contributed by atoms with Gasteiger partial charge in [0, 0.05) is 37.0 Å². The number of rotatable bonds is 9. The van der Waals surface area contributed by atoms with Gasteiger partial charge in [-0.15, -0.1) is 52.9 Å². The molecule has 0 unspecified atom stereocenters. The molecule has 0 bridgehead atoms. The normalized spacial score (nSPS) is 10.8. The number of carbonyl (C=O) groups is 1. The fourth-order valence-electron chi connectivity index (χ4n) is 1.81. The molecule has 1 N–H and O–H groups in total. The summed E-state index contributed by atoms with van der Waals surface area (Å²) < 4.78 is 0. The molecule has 0 amide bonds. The van der Waals surface area contributed by atoms with Crippen molar-refractivity contribution in [1.82, 2.24) is 0 Å². The minimum Gasteiger partial charge on any atom is -0.480 e. The molecule has 0 aliphatic carbocycles. The van der Waals surface area contributed by atoms with E-state index < -0.39 is 12.0 Å². The van der Waals surface area contributed by atoms with Crippen molar-refractivity contribution in [2.45, 2.75) is 12.5 Å². The molecule has 0 aromatic heterocycles. The fourth-order valence-corrected chi connectivity index (χ4v) is 2.22. The van der Waals surface area contributed by atoms with Gasteiger partial charge in [0.05, 0.1) is 0 Å². The molecular formula is C13H18Cl4N2O3. The summed E-state index contributed by atoms with van der Waals surface area (Å²) in [5.74, 6) is -0.223. The zero-order chi connectivity index (χ0) is 15.0. The maximum atomic E-state index is 10.7. The summed E-state index contributed by atoms with van der Waals surface area (Å²) >= 11 is 11.5. The second-order valence-corrected chi connectivity index (χ2v) is 4.95. The van der Waals surface area contributed by atoms with Gasteiger partial charge < -0.3 is 10.0 Å². The second-order valence-electron chi connectivity index (χ2n) is 4.20. The van der Waals surface area contributed by atoms with Crippen LogP contribution in [0.1, 0.15) is 5.56 Å². The summed E-state index contributed by atoms with van der Waals surface area (Å²) in [6.45, 7) is 1.36. The van der Waals surface area contributed by atoms with Crippen LogP contribution in [0.5, 0.6) is 0 Å². The van der Waals surface area contributed by atoms with Gasteiger partial charge in [-0.3, -0.25) is 0 Å². The minimum atomic E-state index is -1.25. The third-order valence-electron chi connectivity index (χ3n) is 2.85. The molecule has 5 nitrogen and oxygen atoms in total. The van der Waals surface area contributed by atoms with Gasteiger partial charge in [-0.05, 0) is 17.7 Å². The largest absolute Gasteiger partial charge is 0.480 e. The zero-order valence-electron chi connectivity index (χ0n) is 11.7. The molecule has 0 aliphatic rings. The first-order valence-corrected chi connectivity index (χ1v) is 7.20. The average Bonchev–Trinajstić information content (AvgIpc) is 2.45. The number of hydrogen-bond acceptors (Lipinski definition) is 4. The molecule has 0 saturated heterocycles. The smallest absolute Gasteiger partial charge is 0.332 e. The van der Waals surface area contributed by atoms with Crippen LogP contribution in [0.25, 0.3) is 0 Å². The van der Waals surface area contributed by atoms with Crippen LogP contribution in [-0.4, -0.2) is 42.0 Å². The summed E-state index contributed by atoms with van der Waals surface area (Å²) in [5.41, 5.74) is 1.71. The third kappa shape index (κ3) is 7.49. The first kappa shape index (κ1) is 23.5. The van der Waals surface area contributed by atoms with E-state index in [4.69, 9.17) is 28.3 Å². The zero-order valence-corrected chi connectivity index (χ0v) is 14.8. The Hall–Kier alpha value is -0.750. The van der Waals surface area contributed by atoms with E-state index in [0.717, 1.165) is 11.3 Å². The van der Waals surface area contributed by atoms with E-state index in [1.807, 2.05) is 17.0 Å². The van der Waals surface area contributed by atoms with Crippen LogP contribution >= 0.6 is 48.0 Å². The van der Waals surface area contributed by atoms with Crippen LogP contribution in [0.15, 0.2) is 29.4 Å². The van der Waals surface area contributed by atoms with Crippen molar-refractivity contribution in [3.05, 3.63) is 34.7 Å². The molecule has 22 heavy (non-hydrogen) atoms. The number of aliphatic carboxylic acids is 1. The summed E-state index contributed by atoms with van der Waals surface area (Å²) in [6, 6.07) is 6.04. The highest BCUT2D eigenvalue weighted by Crippen LogP contribution is 2.17. The van der Waals surface area contributed by atoms with Crippen LogP contribution < -0.4 is 4.90 Å². The third-order valence-corrected chi connectivity index (χ3v) is 3.19. The number of hydrogen-bond donors (Lipinski definition) is 1. The Kier molecular flexibility index (Phi) is 13.6. The van der Waals surface area contributed by atoms with Crippen LogP contribution in [-0.2, 0) is 11.2 Å². The predicted octanol–water partition coefficient (Wildman–Crippen LogP) is 3.58. The van der Waals surface area contributed by atoms with Crippen LogP contribution in [0.3, 0.4) is 0 Å². The van der Waals surface area contributed by atoms with Crippen molar-refractivity contribution in [1.29, 1.82) is 0 Å². The maximum Gasteiger partial charge on any atom is 0.332 e. The summed E-state index contributed by atoms with van der Waals surface area (Å²) in [5, 5.41) is 11.4. The van der Waals surface area contributed by atoms with Crippen molar-refractivity contribution in [3.8, 4) is 0 Å². The molecule has 1 rings (SSSR count). The monoisotopic (exact) mass is 390 g/mol. The summed E-state index contributed by atoms with van der Waals surface area (Å²) in [4.78, 5) is 23.2. The number of alkyl halides is 2. The molecule has 0 saturated carbocycles. The van der Waals surface area contributed by atoms with Crippen LogP contribution in [0, 0.1) is 4.91 Å². The number of carboxylic acid groups (broad SMARTS) is 1. The van der Waals surface area contributed by atoms with Crippen LogP contribution in [0.2, 0.25) is 0 Å². The van der Waals surface area contributed by atoms with Gasteiger partial charge in [-0.25, -0.2) is 4.79 Å². The van der Waals surface area contributed by atoms with Crippen molar-refractivity contribution < 1.29 is 9.90 Å². The first-order chi connectivity index (χ1) is 9.62. The molecule has 0 radical (unpaired) electrons. The van der Waals surface area contributed by atoms with E-state index in [0.29, 0.717) is 24.8 Å². The Bertz CT molecular complexity index is 439. The van der Waals surface area contributed by atoms with Gasteiger partial charge in [0.25, 0.3) is 0 Å². The van der Waals surface area contributed by atoms with Crippen molar-refractivity contribution in [3.63, 3.8) is 0 Å². The highest BCUT2D eigenvalue weighted by molar-refractivity contribution is 6.18. The first-order valence-electron chi connectivity index (χ1n) is 6.13. The number of anilines is 1. The lowest BCUT2D eigenvalue weighted by atomic mass is 10.1.